The average molecular weight is 678 g/mol. The van der Waals surface area contributed by atoms with Gasteiger partial charge in [0, 0.05) is 97.2 Å². The summed E-state index contributed by atoms with van der Waals surface area (Å²) in [6.07, 6.45) is -2.11. The van der Waals surface area contributed by atoms with Crippen LogP contribution in [0.5, 0.6) is 5.75 Å². The molecule has 1 fully saturated rings. The smallest absolute Gasteiger partial charge is 0.406 e. The zero-order valence-electron chi connectivity index (χ0n) is 25.2. The number of benzene rings is 3. The highest BCUT2D eigenvalue weighted by Crippen LogP contribution is 2.34. The lowest BCUT2D eigenvalue weighted by atomic mass is 10.0. The van der Waals surface area contributed by atoms with Crippen LogP contribution in [0.1, 0.15) is 17.5 Å². The van der Waals surface area contributed by atoms with E-state index in [1.54, 1.807) is 12.1 Å². The minimum atomic E-state index is -4.76. The minimum absolute atomic E-state index is 0.0691. The Morgan fingerprint density at radius 2 is 1.61 bits per heavy atom. The fraction of sp³-hybridized carbons (Fsp3) is 0.364. The monoisotopic (exact) mass is 676 g/mol. The fourth-order valence-corrected chi connectivity index (χ4v) is 6.18. The number of nitrogens with two attached hydrogens (primary N) is 2. The first kappa shape index (κ1) is 34.0. The quantitative estimate of drug-likeness (QED) is 0.168. The van der Waals surface area contributed by atoms with Crippen LogP contribution in [-0.2, 0) is 24.4 Å². The van der Waals surface area contributed by atoms with E-state index >= 15 is 0 Å². The van der Waals surface area contributed by atoms with Crippen molar-refractivity contribution in [3.63, 3.8) is 0 Å². The van der Waals surface area contributed by atoms with Crippen molar-refractivity contribution in [1.82, 2.24) is 19.7 Å². The third-order valence-corrected chi connectivity index (χ3v) is 8.83. The van der Waals surface area contributed by atoms with Gasteiger partial charge in [-0.3, -0.25) is 14.6 Å². The van der Waals surface area contributed by atoms with Gasteiger partial charge in [-0.1, -0.05) is 47.5 Å². The van der Waals surface area contributed by atoms with Gasteiger partial charge in [0.1, 0.15) is 5.75 Å². The van der Waals surface area contributed by atoms with E-state index in [9.17, 15) is 18.0 Å². The number of nitrogens with one attached hydrogen (secondary N) is 1. The number of carbonyl (C=O) groups excluding carboxylic acids is 1. The molecule has 3 aromatic carbocycles. The van der Waals surface area contributed by atoms with Crippen molar-refractivity contribution < 1.29 is 22.7 Å². The molecule has 13 heteroatoms. The zero-order valence-corrected chi connectivity index (χ0v) is 26.7. The molecule has 8 nitrogen and oxygen atoms in total. The number of hydrogen-bond donors (Lipinski definition) is 3. The predicted octanol–water partition coefficient (Wildman–Crippen LogP) is 5.62. The number of hydrogen-bond acceptors (Lipinski definition) is 6. The summed E-state index contributed by atoms with van der Waals surface area (Å²) < 4.78 is 44.4. The molecule has 5 N–H and O–H groups in total. The standard InChI is InChI=1S/C33H37Cl2F3N6O2/c34-28-3-1-4-29(35)27(28)20-43-15-13-42(14-16-43)19-22-5-10-31-25(17-22)26(23-6-8-24(9-7-23)46-33(36,37)38)21-44(31)12-2-11-41-32(45)30(40)18-39/h1,3-10,17,21,30H,2,11-16,18-20,39-40H2,(H,41,45). The van der Waals surface area contributed by atoms with E-state index in [-0.39, 0.29) is 18.2 Å². The first-order valence-corrected chi connectivity index (χ1v) is 15.8. The van der Waals surface area contributed by atoms with Gasteiger partial charge in [0.15, 0.2) is 0 Å². The number of piperazine rings is 1. The summed E-state index contributed by atoms with van der Waals surface area (Å²) in [4.78, 5) is 16.8. The number of aromatic nitrogens is 1. The van der Waals surface area contributed by atoms with Crippen LogP contribution in [0.15, 0.2) is 66.9 Å². The van der Waals surface area contributed by atoms with E-state index in [0.717, 1.165) is 65.9 Å². The number of amides is 1. The molecule has 246 valence electrons. The topological polar surface area (TPSA) is 102 Å². The van der Waals surface area contributed by atoms with Crippen LogP contribution >= 0.6 is 23.2 Å². The maximum atomic E-state index is 12.7. The normalized spacial score (nSPS) is 15.3. The third kappa shape index (κ3) is 8.72. The van der Waals surface area contributed by atoms with Gasteiger partial charge in [-0.25, -0.2) is 0 Å². The Labute approximate surface area is 276 Å². The summed E-state index contributed by atoms with van der Waals surface area (Å²) in [6, 6.07) is 17.1. The molecule has 0 aliphatic carbocycles. The van der Waals surface area contributed by atoms with Crippen molar-refractivity contribution in [1.29, 1.82) is 0 Å². The van der Waals surface area contributed by atoms with Crippen molar-refractivity contribution in [2.24, 2.45) is 11.5 Å². The number of ether oxygens (including phenoxy) is 1. The molecule has 0 bridgehead atoms. The SMILES string of the molecule is NCC(N)C(=O)NCCCn1cc(-c2ccc(OC(F)(F)F)cc2)c2cc(CN3CCN(Cc4c(Cl)cccc4Cl)CC3)ccc21. The van der Waals surface area contributed by atoms with Crippen molar-refractivity contribution in [2.75, 3.05) is 39.3 Å². The molecule has 4 aromatic rings. The molecule has 0 spiro atoms. The van der Waals surface area contributed by atoms with Gasteiger partial charge >= 0.3 is 6.36 Å². The molecule has 1 amide bonds. The van der Waals surface area contributed by atoms with Crippen LogP contribution in [0.25, 0.3) is 22.0 Å². The Morgan fingerprint density at radius 3 is 2.24 bits per heavy atom. The molecule has 1 atom stereocenters. The van der Waals surface area contributed by atoms with E-state index in [1.165, 1.54) is 12.1 Å². The number of rotatable bonds is 12. The Hall–Kier alpha value is -3.32. The maximum absolute atomic E-state index is 12.7. The first-order chi connectivity index (χ1) is 22.0. The van der Waals surface area contributed by atoms with E-state index < -0.39 is 12.4 Å². The van der Waals surface area contributed by atoms with Crippen molar-refractivity contribution in [3.05, 3.63) is 88.0 Å². The van der Waals surface area contributed by atoms with Gasteiger partial charge < -0.3 is 26.1 Å². The summed E-state index contributed by atoms with van der Waals surface area (Å²) in [5.74, 6) is -0.567. The van der Waals surface area contributed by atoms with Gasteiger partial charge in [0.25, 0.3) is 0 Å². The van der Waals surface area contributed by atoms with Crippen LogP contribution in [-0.4, -0.2) is 71.9 Å². The van der Waals surface area contributed by atoms with Crippen LogP contribution in [0.4, 0.5) is 13.2 Å². The number of aryl methyl sites for hydroxylation is 1. The molecular weight excluding hydrogens is 640 g/mol. The second kappa shape index (κ2) is 15.1. The molecule has 46 heavy (non-hydrogen) atoms. The van der Waals surface area contributed by atoms with Gasteiger partial charge in [0.2, 0.25) is 5.91 Å². The van der Waals surface area contributed by atoms with E-state index in [1.807, 2.05) is 24.4 Å². The molecule has 0 saturated carbocycles. The summed E-state index contributed by atoms with van der Waals surface area (Å²) >= 11 is 12.8. The molecule has 0 radical (unpaired) electrons. The fourth-order valence-electron chi connectivity index (χ4n) is 5.66. The predicted molar refractivity (Wildman–Crippen MR) is 176 cm³/mol. The average Bonchev–Trinajstić information content (AvgIpc) is 3.38. The lowest BCUT2D eigenvalue weighted by Gasteiger charge is -2.35. The highest BCUT2D eigenvalue weighted by Gasteiger charge is 2.31. The van der Waals surface area contributed by atoms with Crippen LogP contribution in [0.2, 0.25) is 10.0 Å². The van der Waals surface area contributed by atoms with Crippen molar-refractivity contribution in [3.8, 4) is 16.9 Å². The Kier molecular flexibility index (Phi) is 11.1. The van der Waals surface area contributed by atoms with Crippen molar-refractivity contribution >= 4 is 40.0 Å². The van der Waals surface area contributed by atoms with E-state index in [2.05, 4.69) is 42.6 Å². The summed E-state index contributed by atoms with van der Waals surface area (Å²) in [6.45, 7) is 6.09. The minimum Gasteiger partial charge on any atom is -0.406 e. The van der Waals surface area contributed by atoms with Crippen LogP contribution in [0.3, 0.4) is 0 Å². The first-order valence-electron chi connectivity index (χ1n) is 15.1. The molecule has 1 aromatic heterocycles. The van der Waals surface area contributed by atoms with Crippen molar-refractivity contribution in [2.45, 2.75) is 38.5 Å². The van der Waals surface area contributed by atoms with Gasteiger partial charge in [-0.2, -0.15) is 0 Å². The maximum Gasteiger partial charge on any atom is 0.573 e. The van der Waals surface area contributed by atoms with Crippen LogP contribution < -0.4 is 21.5 Å². The Balaban J connectivity index is 1.31. The van der Waals surface area contributed by atoms with E-state index in [0.29, 0.717) is 36.1 Å². The number of fused-ring (bicyclic) bond motifs is 1. The highest BCUT2D eigenvalue weighted by atomic mass is 35.5. The molecule has 5 rings (SSSR count). The molecule has 1 saturated heterocycles. The number of halogens is 5. The summed E-state index contributed by atoms with van der Waals surface area (Å²) in [5, 5.41) is 5.15. The number of carbonyl (C=O) groups is 1. The second-order valence-corrected chi connectivity index (χ2v) is 12.2. The third-order valence-electron chi connectivity index (χ3n) is 8.12. The van der Waals surface area contributed by atoms with Gasteiger partial charge in [-0.15, -0.1) is 13.2 Å². The molecule has 1 aliphatic rings. The zero-order chi connectivity index (χ0) is 32.8. The van der Waals surface area contributed by atoms with Gasteiger partial charge in [0.05, 0.1) is 6.04 Å². The lowest BCUT2D eigenvalue weighted by Crippen LogP contribution is -2.45. The summed E-state index contributed by atoms with van der Waals surface area (Å²) in [5.41, 5.74) is 15.9. The summed E-state index contributed by atoms with van der Waals surface area (Å²) in [7, 11) is 0. The molecule has 1 unspecified atom stereocenters. The number of nitrogens with zero attached hydrogens (tertiary/aromatic N) is 3. The Bertz CT molecular complexity index is 1620. The Morgan fingerprint density at radius 1 is 0.957 bits per heavy atom. The van der Waals surface area contributed by atoms with Crippen LogP contribution in [0, 0.1) is 0 Å². The van der Waals surface area contributed by atoms with Gasteiger partial charge in [-0.05, 0) is 53.9 Å². The highest BCUT2D eigenvalue weighted by molar-refractivity contribution is 6.35. The lowest BCUT2D eigenvalue weighted by molar-refractivity contribution is -0.274. The molecule has 2 heterocycles. The second-order valence-electron chi connectivity index (χ2n) is 11.4. The molecular formula is C33H37Cl2F3N6O2. The van der Waals surface area contributed by atoms with E-state index in [4.69, 9.17) is 34.7 Å². The molecule has 1 aliphatic heterocycles. The largest absolute Gasteiger partial charge is 0.573 e. The number of alkyl halides is 3.